The maximum atomic E-state index is 9.10. The summed E-state index contributed by atoms with van der Waals surface area (Å²) >= 11 is 0. The molecule has 0 aliphatic carbocycles. The van der Waals surface area contributed by atoms with Gasteiger partial charge in [-0.05, 0) is 38.8 Å². The Bertz CT molecular complexity index is 316. The SMILES string of the molecule is C1CC2OCCC2N1.C1CC2OCCC2N1.O=C(O)C(=O)O. The first-order valence-corrected chi connectivity index (χ1v) is 7.74. The summed E-state index contributed by atoms with van der Waals surface area (Å²) in [6, 6.07) is 1.41. The first kappa shape index (κ1) is 17.1. The smallest absolute Gasteiger partial charge is 0.414 e. The fourth-order valence-corrected chi connectivity index (χ4v) is 3.15. The third kappa shape index (κ3) is 4.91. The van der Waals surface area contributed by atoms with Gasteiger partial charge in [0.15, 0.2) is 0 Å². The molecule has 4 aliphatic rings. The van der Waals surface area contributed by atoms with Crippen molar-refractivity contribution in [3.05, 3.63) is 0 Å². The van der Waals surface area contributed by atoms with Gasteiger partial charge in [-0.1, -0.05) is 0 Å². The van der Waals surface area contributed by atoms with Crippen LogP contribution < -0.4 is 10.6 Å². The quantitative estimate of drug-likeness (QED) is 0.439. The number of nitrogens with one attached hydrogen (secondary N) is 2. The summed E-state index contributed by atoms with van der Waals surface area (Å²) in [4.78, 5) is 18.2. The number of carboxylic acid groups (broad SMARTS) is 2. The standard InChI is InChI=1S/2C6H11NO.C2H2O4/c2*1-3-7-5-2-4-8-6(1)5;3-1(4)2(5)6/h2*5-7H,1-4H2;(H,3,4)(H,5,6). The van der Waals surface area contributed by atoms with Crippen LogP contribution in [0.4, 0.5) is 0 Å². The molecule has 0 bridgehead atoms. The van der Waals surface area contributed by atoms with Gasteiger partial charge >= 0.3 is 11.9 Å². The highest BCUT2D eigenvalue weighted by Gasteiger charge is 2.32. The number of ether oxygens (including phenoxy) is 2. The molecule has 0 spiro atoms. The molecule has 0 radical (unpaired) electrons. The van der Waals surface area contributed by atoms with Crippen molar-refractivity contribution in [1.82, 2.24) is 10.6 Å². The first-order chi connectivity index (χ1) is 10.6. The van der Waals surface area contributed by atoms with Crippen LogP contribution >= 0.6 is 0 Å². The van der Waals surface area contributed by atoms with Gasteiger partial charge in [0.25, 0.3) is 0 Å². The number of rotatable bonds is 0. The second kappa shape index (κ2) is 8.42. The van der Waals surface area contributed by atoms with Crippen molar-refractivity contribution in [1.29, 1.82) is 0 Å². The first-order valence-electron chi connectivity index (χ1n) is 7.74. The third-order valence-corrected chi connectivity index (χ3v) is 4.27. The molecule has 0 aromatic heterocycles. The van der Waals surface area contributed by atoms with Gasteiger partial charge in [-0.15, -0.1) is 0 Å². The molecule has 0 aromatic rings. The molecule has 4 atom stereocenters. The van der Waals surface area contributed by atoms with E-state index in [1.165, 1.54) is 25.7 Å². The molecule has 0 saturated carbocycles. The topological polar surface area (TPSA) is 117 Å². The van der Waals surface area contributed by atoms with Crippen molar-refractivity contribution >= 4 is 11.9 Å². The van der Waals surface area contributed by atoms with Crippen LogP contribution in [-0.4, -0.2) is 72.7 Å². The molecule has 4 aliphatic heterocycles. The van der Waals surface area contributed by atoms with Crippen LogP contribution in [0, 0.1) is 0 Å². The minimum Gasteiger partial charge on any atom is -0.473 e. The molecule has 4 saturated heterocycles. The fraction of sp³-hybridized carbons (Fsp3) is 0.857. The minimum atomic E-state index is -1.82. The van der Waals surface area contributed by atoms with E-state index in [9.17, 15) is 0 Å². The van der Waals surface area contributed by atoms with E-state index in [-0.39, 0.29) is 0 Å². The van der Waals surface area contributed by atoms with E-state index in [2.05, 4.69) is 10.6 Å². The van der Waals surface area contributed by atoms with Gasteiger partial charge in [0.05, 0.1) is 12.2 Å². The van der Waals surface area contributed by atoms with Crippen LogP contribution in [0.3, 0.4) is 0 Å². The molecular weight excluding hydrogens is 292 g/mol. The van der Waals surface area contributed by atoms with E-state index in [1.54, 1.807) is 0 Å². The largest absolute Gasteiger partial charge is 0.473 e. The van der Waals surface area contributed by atoms with E-state index < -0.39 is 11.9 Å². The average molecular weight is 316 g/mol. The third-order valence-electron chi connectivity index (χ3n) is 4.27. The zero-order valence-electron chi connectivity index (χ0n) is 12.5. The van der Waals surface area contributed by atoms with Crippen molar-refractivity contribution in [3.63, 3.8) is 0 Å². The molecular formula is C14H24N2O6. The van der Waals surface area contributed by atoms with Crippen LogP contribution in [-0.2, 0) is 19.1 Å². The van der Waals surface area contributed by atoms with Crippen molar-refractivity contribution < 1.29 is 29.3 Å². The van der Waals surface area contributed by atoms with Crippen LogP contribution in [0.1, 0.15) is 25.7 Å². The van der Waals surface area contributed by atoms with Crippen molar-refractivity contribution in [2.45, 2.75) is 50.0 Å². The molecule has 4 fully saturated rings. The molecule has 8 nitrogen and oxygen atoms in total. The number of hydrogen-bond acceptors (Lipinski definition) is 6. The molecule has 0 aromatic carbocycles. The fourth-order valence-electron chi connectivity index (χ4n) is 3.15. The Hall–Kier alpha value is -1.22. The lowest BCUT2D eigenvalue weighted by molar-refractivity contribution is -0.159. The van der Waals surface area contributed by atoms with Gasteiger partial charge in [0.2, 0.25) is 0 Å². The Morgan fingerprint density at radius 2 is 1.18 bits per heavy atom. The summed E-state index contributed by atoms with van der Waals surface area (Å²) in [5, 5.41) is 21.6. The van der Waals surface area contributed by atoms with Crippen LogP contribution in [0.25, 0.3) is 0 Å². The molecule has 126 valence electrons. The number of hydrogen-bond donors (Lipinski definition) is 4. The highest BCUT2D eigenvalue weighted by Crippen LogP contribution is 2.21. The highest BCUT2D eigenvalue weighted by atomic mass is 16.5. The van der Waals surface area contributed by atoms with Gasteiger partial charge in [-0.2, -0.15) is 0 Å². The summed E-state index contributed by atoms with van der Waals surface area (Å²) in [6.07, 6.45) is 6.04. The van der Waals surface area contributed by atoms with E-state index in [4.69, 9.17) is 29.3 Å². The lowest BCUT2D eigenvalue weighted by atomic mass is 10.2. The van der Waals surface area contributed by atoms with Crippen molar-refractivity contribution in [2.24, 2.45) is 0 Å². The monoisotopic (exact) mass is 316 g/mol. The molecule has 4 unspecified atom stereocenters. The molecule has 4 N–H and O–H groups in total. The molecule has 4 rings (SSSR count). The average Bonchev–Trinajstić information content (AvgIpc) is 3.20. The minimum absolute atomic E-state index is 0.565. The lowest BCUT2D eigenvalue weighted by Gasteiger charge is -2.04. The Morgan fingerprint density at radius 3 is 1.50 bits per heavy atom. The zero-order chi connectivity index (χ0) is 15.9. The summed E-state index contributed by atoms with van der Waals surface area (Å²) in [6.45, 7) is 4.27. The predicted octanol–water partition coefficient (Wildman–Crippen LogP) is -0.570. The number of fused-ring (bicyclic) bond motifs is 2. The van der Waals surface area contributed by atoms with Crippen LogP contribution in [0.2, 0.25) is 0 Å². The van der Waals surface area contributed by atoms with Crippen molar-refractivity contribution in [3.8, 4) is 0 Å². The maximum Gasteiger partial charge on any atom is 0.414 e. The summed E-state index contributed by atoms with van der Waals surface area (Å²) < 4.78 is 10.8. The van der Waals surface area contributed by atoms with Gasteiger partial charge in [0, 0.05) is 25.3 Å². The normalized spacial score (nSPS) is 34.7. The van der Waals surface area contributed by atoms with Crippen LogP contribution in [0.15, 0.2) is 0 Å². The van der Waals surface area contributed by atoms with Gasteiger partial charge in [0.1, 0.15) is 0 Å². The molecule has 4 heterocycles. The van der Waals surface area contributed by atoms with Gasteiger partial charge in [-0.3, -0.25) is 0 Å². The Kier molecular flexibility index (Phi) is 6.56. The van der Waals surface area contributed by atoms with E-state index in [0.717, 1.165) is 26.3 Å². The Labute approximate surface area is 129 Å². The van der Waals surface area contributed by atoms with E-state index in [0.29, 0.717) is 24.3 Å². The highest BCUT2D eigenvalue weighted by molar-refractivity contribution is 6.27. The second-order valence-electron chi connectivity index (χ2n) is 5.70. The number of carbonyl (C=O) groups is 2. The Balaban J connectivity index is 0.000000123. The van der Waals surface area contributed by atoms with Crippen LogP contribution in [0.5, 0.6) is 0 Å². The van der Waals surface area contributed by atoms with Gasteiger partial charge < -0.3 is 30.3 Å². The number of carboxylic acids is 2. The molecule has 8 heteroatoms. The second-order valence-corrected chi connectivity index (χ2v) is 5.70. The summed E-state index contributed by atoms with van der Waals surface area (Å²) in [7, 11) is 0. The van der Waals surface area contributed by atoms with E-state index >= 15 is 0 Å². The Morgan fingerprint density at radius 1 is 0.773 bits per heavy atom. The lowest BCUT2D eigenvalue weighted by Crippen LogP contribution is -2.24. The molecule has 0 amide bonds. The predicted molar refractivity (Wildman–Crippen MR) is 76.8 cm³/mol. The van der Waals surface area contributed by atoms with E-state index in [1.807, 2.05) is 0 Å². The summed E-state index contributed by atoms with van der Waals surface area (Å²) in [5.41, 5.74) is 0. The molecule has 22 heavy (non-hydrogen) atoms. The van der Waals surface area contributed by atoms with Gasteiger partial charge in [-0.25, -0.2) is 9.59 Å². The summed E-state index contributed by atoms with van der Waals surface area (Å²) in [5.74, 6) is -3.65. The van der Waals surface area contributed by atoms with Crippen molar-refractivity contribution in [2.75, 3.05) is 26.3 Å². The zero-order valence-corrected chi connectivity index (χ0v) is 12.5. The maximum absolute atomic E-state index is 9.10. The number of aliphatic carboxylic acids is 2.